The molecule has 0 fully saturated rings. The Labute approximate surface area is 120 Å². The first kappa shape index (κ1) is 16.0. The number of hydrogen-bond acceptors (Lipinski definition) is 5. The van der Waals surface area contributed by atoms with Gasteiger partial charge in [-0.05, 0) is 20.3 Å². The lowest BCUT2D eigenvalue weighted by atomic mass is 10.3. The molecule has 5 nitrogen and oxygen atoms in total. The number of rotatable bonds is 7. The summed E-state index contributed by atoms with van der Waals surface area (Å²) in [7, 11) is 0. The van der Waals surface area contributed by atoms with E-state index in [4.69, 9.17) is 5.11 Å². The van der Waals surface area contributed by atoms with Gasteiger partial charge in [0.05, 0.1) is 17.9 Å². The minimum Gasteiger partial charge on any atom is -0.481 e. The summed E-state index contributed by atoms with van der Waals surface area (Å²) in [5, 5.41) is 11.6. The lowest BCUT2D eigenvalue weighted by Gasteiger charge is -2.10. The van der Waals surface area contributed by atoms with Crippen molar-refractivity contribution < 1.29 is 14.7 Å². The number of carboxylic acid groups (broad SMARTS) is 1. The van der Waals surface area contributed by atoms with Crippen molar-refractivity contribution in [1.29, 1.82) is 0 Å². The molecule has 0 aromatic carbocycles. The molecule has 1 aromatic heterocycles. The van der Waals surface area contributed by atoms with E-state index < -0.39 is 5.97 Å². The molecule has 2 N–H and O–H groups in total. The first-order valence-corrected chi connectivity index (χ1v) is 7.82. The quantitative estimate of drug-likeness (QED) is 0.754. The zero-order valence-corrected chi connectivity index (χ0v) is 12.9. The Balaban J connectivity index is 2.49. The van der Waals surface area contributed by atoms with Gasteiger partial charge in [0, 0.05) is 10.9 Å². The second-order valence-electron chi connectivity index (χ2n) is 4.22. The fraction of sp³-hybridized carbons (Fsp3) is 0.583. The van der Waals surface area contributed by atoms with Crippen molar-refractivity contribution in [3.05, 3.63) is 10.6 Å². The molecule has 0 bridgehead atoms. The molecule has 106 valence electrons. The molecule has 19 heavy (non-hydrogen) atoms. The number of amides is 1. The number of aromatic nitrogens is 1. The van der Waals surface area contributed by atoms with Crippen LogP contribution in [0.3, 0.4) is 0 Å². The smallest absolute Gasteiger partial charge is 0.308 e. The van der Waals surface area contributed by atoms with E-state index in [-0.39, 0.29) is 18.4 Å². The Hall–Kier alpha value is -1.08. The molecule has 0 saturated heterocycles. The van der Waals surface area contributed by atoms with Crippen LogP contribution in [0.25, 0.3) is 0 Å². The molecular formula is C12H18N2O3S2. The van der Waals surface area contributed by atoms with Crippen LogP contribution in [0.2, 0.25) is 0 Å². The molecule has 0 spiro atoms. The molecule has 1 unspecified atom stereocenters. The molecule has 1 rings (SSSR count). The van der Waals surface area contributed by atoms with E-state index in [1.807, 2.05) is 13.8 Å². The summed E-state index contributed by atoms with van der Waals surface area (Å²) < 4.78 is 0.744. The highest BCUT2D eigenvalue weighted by molar-refractivity contribution is 8.01. The Kier molecular flexibility index (Phi) is 6.30. The SMILES string of the molecule is CCC(C)NC(=O)CSc1nc(C)c(CC(=O)O)s1. The van der Waals surface area contributed by atoms with Crippen LogP contribution < -0.4 is 5.32 Å². The molecule has 1 heterocycles. The van der Waals surface area contributed by atoms with Crippen molar-refractivity contribution in [2.75, 3.05) is 5.75 Å². The normalized spacial score (nSPS) is 12.2. The minimum absolute atomic E-state index is 0.0108. The maximum absolute atomic E-state index is 11.6. The van der Waals surface area contributed by atoms with Gasteiger partial charge in [-0.15, -0.1) is 11.3 Å². The van der Waals surface area contributed by atoms with E-state index in [2.05, 4.69) is 10.3 Å². The first-order valence-electron chi connectivity index (χ1n) is 6.02. The van der Waals surface area contributed by atoms with E-state index in [0.29, 0.717) is 5.75 Å². The number of carbonyl (C=O) groups is 2. The van der Waals surface area contributed by atoms with Gasteiger partial charge < -0.3 is 10.4 Å². The van der Waals surface area contributed by atoms with Gasteiger partial charge in [-0.25, -0.2) is 4.98 Å². The van der Waals surface area contributed by atoms with Gasteiger partial charge >= 0.3 is 5.97 Å². The lowest BCUT2D eigenvalue weighted by molar-refractivity contribution is -0.136. The van der Waals surface area contributed by atoms with Gasteiger partial charge in [0.2, 0.25) is 5.91 Å². The molecule has 0 aliphatic heterocycles. The van der Waals surface area contributed by atoms with Crippen molar-refractivity contribution in [1.82, 2.24) is 10.3 Å². The second-order valence-corrected chi connectivity index (χ2v) is 6.53. The van der Waals surface area contributed by atoms with Crippen LogP contribution in [0.5, 0.6) is 0 Å². The highest BCUT2D eigenvalue weighted by atomic mass is 32.2. The molecule has 1 aromatic rings. The van der Waals surface area contributed by atoms with Crippen molar-refractivity contribution in [3.63, 3.8) is 0 Å². The number of aliphatic carboxylic acids is 1. The number of carbonyl (C=O) groups excluding carboxylic acids is 1. The van der Waals surface area contributed by atoms with E-state index >= 15 is 0 Å². The molecule has 1 atom stereocenters. The Morgan fingerprint density at radius 3 is 2.79 bits per heavy atom. The maximum atomic E-state index is 11.6. The third kappa shape index (κ3) is 5.61. The topological polar surface area (TPSA) is 79.3 Å². The van der Waals surface area contributed by atoms with Gasteiger partial charge in [-0.3, -0.25) is 9.59 Å². The number of thiazole rings is 1. The minimum atomic E-state index is -0.863. The van der Waals surface area contributed by atoms with E-state index in [1.54, 1.807) is 6.92 Å². The predicted octanol–water partition coefficient (Wildman–Crippen LogP) is 2.09. The highest BCUT2D eigenvalue weighted by Crippen LogP contribution is 2.27. The van der Waals surface area contributed by atoms with Gasteiger partial charge in [0.15, 0.2) is 4.34 Å². The summed E-state index contributed by atoms with van der Waals surface area (Å²) in [6.07, 6.45) is 0.888. The van der Waals surface area contributed by atoms with Gasteiger partial charge in [-0.1, -0.05) is 18.7 Å². The van der Waals surface area contributed by atoms with Crippen molar-refractivity contribution in [3.8, 4) is 0 Å². The van der Waals surface area contributed by atoms with Crippen molar-refractivity contribution >= 4 is 35.0 Å². The molecule has 1 amide bonds. The largest absolute Gasteiger partial charge is 0.481 e. The number of hydrogen-bond donors (Lipinski definition) is 2. The summed E-state index contributed by atoms with van der Waals surface area (Å²) in [5.74, 6) is -0.575. The molecule has 0 aliphatic carbocycles. The molecule has 0 aliphatic rings. The fourth-order valence-electron chi connectivity index (χ4n) is 1.31. The molecular weight excluding hydrogens is 284 g/mol. The third-order valence-electron chi connectivity index (χ3n) is 2.53. The summed E-state index contributed by atoms with van der Waals surface area (Å²) in [6.45, 7) is 5.76. The second kappa shape index (κ2) is 7.49. The Morgan fingerprint density at radius 2 is 2.21 bits per heavy atom. The third-order valence-corrected chi connectivity index (χ3v) is 4.83. The van der Waals surface area contributed by atoms with Crippen LogP contribution in [0.4, 0.5) is 0 Å². The van der Waals surface area contributed by atoms with Crippen LogP contribution >= 0.6 is 23.1 Å². The van der Waals surface area contributed by atoms with Crippen LogP contribution in [-0.4, -0.2) is 33.8 Å². The van der Waals surface area contributed by atoms with Crippen molar-refractivity contribution in [2.45, 2.75) is 44.0 Å². The van der Waals surface area contributed by atoms with Gasteiger partial charge in [-0.2, -0.15) is 0 Å². The van der Waals surface area contributed by atoms with Crippen LogP contribution in [0, 0.1) is 6.92 Å². The van der Waals surface area contributed by atoms with Crippen LogP contribution in [0.1, 0.15) is 30.8 Å². The average molecular weight is 302 g/mol. The van der Waals surface area contributed by atoms with Crippen LogP contribution in [0.15, 0.2) is 4.34 Å². The van der Waals surface area contributed by atoms with Gasteiger partial charge in [0.25, 0.3) is 0 Å². The lowest BCUT2D eigenvalue weighted by Crippen LogP contribution is -2.33. The summed E-state index contributed by atoms with van der Waals surface area (Å²) >= 11 is 2.69. The number of carboxylic acids is 1. The number of nitrogens with one attached hydrogen (secondary N) is 1. The van der Waals surface area contributed by atoms with E-state index in [9.17, 15) is 9.59 Å². The first-order chi connectivity index (χ1) is 8.92. The molecule has 0 saturated carbocycles. The summed E-state index contributed by atoms with van der Waals surface area (Å²) in [4.78, 5) is 27.3. The Morgan fingerprint density at radius 1 is 1.53 bits per heavy atom. The Bertz CT molecular complexity index is 460. The van der Waals surface area contributed by atoms with Crippen molar-refractivity contribution in [2.24, 2.45) is 0 Å². The van der Waals surface area contributed by atoms with E-state index in [0.717, 1.165) is 21.3 Å². The number of thioether (sulfide) groups is 1. The maximum Gasteiger partial charge on any atom is 0.308 e. The van der Waals surface area contributed by atoms with Crippen LogP contribution in [-0.2, 0) is 16.0 Å². The fourth-order valence-corrected chi connectivity index (χ4v) is 3.35. The van der Waals surface area contributed by atoms with Gasteiger partial charge in [0.1, 0.15) is 0 Å². The predicted molar refractivity (Wildman–Crippen MR) is 76.8 cm³/mol. The average Bonchev–Trinajstić information content (AvgIpc) is 2.66. The standard InChI is InChI=1S/C12H18N2O3S2/c1-4-7(2)13-10(15)6-18-12-14-8(3)9(19-12)5-11(16)17/h7H,4-6H2,1-3H3,(H,13,15)(H,16,17). The monoisotopic (exact) mass is 302 g/mol. The highest BCUT2D eigenvalue weighted by Gasteiger charge is 2.13. The summed E-state index contributed by atoms with van der Waals surface area (Å²) in [5.41, 5.74) is 0.734. The number of aryl methyl sites for hydroxylation is 1. The zero-order chi connectivity index (χ0) is 14.4. The number of nitrogens with zero attached hydrogens (tertiary/aromatic N) is 1. The zero-order valence-electron chi connectivity index (χ0n) is 11.2. The molecule has 7 heteroatoms. The van der Waals surface area contributed by atoms with E-state index in [1.165, 1.54) is 23.1 Å². The molecule has 0 radical (unpaired) electrons. The summed E-state index contributed by atoms with van der Waals surface area (Å²) in [6, 6.07) is 0.175.